The maximum absolute atomic E-state index is 12.5. The number of hydrogen-bond acceptors (Lipinski definition) is 4. The van der Waals surface area contributed by atoms with E-state index in [-0.39, 0.29) is 18.4 Å². The Morgan fingerprint density at radius 2 is 2.14 bits per heavy atom. The molecule has 1 N–H and O–H groups in total. The van der Waals surface area contributed by atoms with Gasteiger partial charge in [0.2, 0.25) is 0 Å². The van der Waals surface area contributed by atoms with Crippen LogP contribution in [0, 0.1) is 0 Å². The molecule has 0 fully saturated rings. The SMILES string of the molecule is CCCN(CC(=O)OCC)C(=O)c1ccc2nc[nH]c2c1. The van der Waals surface area contributed by atoms with Crippen LogP contribution in [0.15, 0.2) is 24.5 Å². The number of imidazole rings is 1. The van der Waals surface area contributed by atoms with Gasteiger partial charge in [-0.3, -0.25) is 9.59 Å². The molecule has 0 radical (unpaired) electrons. The number of nitrogens with zero attached hydrogens (tertiary/aromatic N) is 2. The van der Waals surface area contributed by atoms with Gasteiger partial charge in [-0.25, -0.2) is 4.98 Å². The number of carbonyl (C=O) groups is 2. The van der Waals surface area contributed by atoms with Gasteiger partial charge in [0.05, 0.1) is 24.0 Å². The number of ether oxygens (including phenoxy) is 1. The molecular formula is C15H19N3O3. The highest BCUT2D eigenvalue weighted by atomic mass is 16.5. The number of nitrogens with one attached hydrogen (secondary N) is 1. The first-order chi connectivity index (χ1) is 10.2. The summed E-state index contributed by atoms with van der Waals surface area (Å²) in [5, 5.41) is 0. The molecule has 0 aliphatic heterocycles. The van der Waals surface area contributed by atoms with Gasteiger partial charge in [-0.15, -0.1) is 0 Å². The minimum absolute atomic E-state index is 0.0263. The number of aromatic nitrogens is 2. The number of amides is 1. The van der Waals surface area contributed by atoms with Gasteiger partial charge >= 0.3 is 5.97 Å². The van der Waals surface area contributed by atoms with Crippen molar-refractivity contribution in [2.24, 2.45) is 0 Å². The summed E-state index contributed by atoms with van der Waals surface area (Å²) in [6, 6.07) is 5.26. The minimum Gasteiger partial charge on any atom is -0.465 e. The molecule has 0 atom stereocenters. The second kappa shape index (κ2) is 6.88. The smallest absolute Gasteiger partial charge is 0.325 e. The highest BCUT2D eigenvalue weighted by molar-refractivity contribution is 5.98. The van der Waals surface area contributed by atoms with Crippen molar-refractivity contribution in [3.63, 3.8) is 0 Å². The summed E-state index contributed by atoms with van der Waals surface area (Å²) in [6.45, 7) is 4.51. The van der Waals surface area contributed by atoms with E-state index in [1.807, 2.05) is 6.92 Å². The zero-order chi connectivity index (χ0) is 15.2. The molecule has 1 aromatic heterocycles. The number of benzene rings is 1. The fraction of sp³-hybridized carbons (Fsp3) is 0.400. The Balaban J connectivity index is 2.18. The first-order valence-corrected chi connectivity index (χ1v) is 7.03. The van der Waals surface area contributed by atoms with Crippen LogP contribution >= 0.6 is 0 Å². The van der Waals surface area contributed by atoms with Crippen molar-refractivity contribution in [2.75, 3.05) is 19.7 Å². The Hall–Kier alpha value is -2.37. The maximum atomic E-state index is 12.5. The van der Waals surface area contributed by atoms with E-state index in [2.05, 4.69) is 9.97 Å². The first-order valence-electron chi connectivity index (χ1n) is 7.03. The fourth-order valence-electron chi connectivity index (χ4n) is 2.14. The fourth-order valence-corrected chi connectivity index (χ4v) is 2.14. The highest BCUT2D eigenvalue weighted by Gasteiger charge is 2.19. The molecule has 0 saturated carbocycles. The van der Waals surface area contributed by atoms with E-state index in [9.17, 15) is 9.59 Å². The largest absolute Gasteiger partial charge is 0.465 e. The number of rotatable bonds is 6. The molecule has 0 aliphatic carbocycles. The molecular weight excluding hydrogens is 270 g/mol. The van der Waals surface area contributed by atoms with E-state index in [0.717, 1.165) is 17.5 Å². The predicted molar refractivity (Wildman–Crippen MR) is 78.9 cm³/mol. The molecule has 0 saturated heterocycles. The van der Waals surface area contributed by atoms with Crippen LogP contribution in [0.3, 0.4) is 0 Å². The summed E-state index contributed by atoms with van der Waals surface area (Å²) >= 11 is 0. The second-order valence-corrected chi connectivity index (χ2v) is 4.67. The number of esters is 1. The van der Waals surface area contributed by atoms with Crippen LogP contribution in [-0.2, 0) is 9.53 Å². The van der Waals surface area contributed by atoms with Crippen molar-refractivity contribution >= 4 is 22.9 Å². The highest BCUT2D eigenvalue weighted by Crippen LogP contribution is 2.14. The van der Waals surface area contributed by atoms with E-state index in [4.69, 9.17) is 4.74 Å². The second-order valence-electron chi connectivity index (χ2n) is 4.67. The van der Waals surface area contributed by atoms with Crippen LogP contribution in [0.5, 0.6) is 0 Å². The Bertz CT molecular complexity index is 636. The zero-order valence-electron chi connectivity index (χ0n) is 12.3. The molecule has 1 heterocycles. The molecule has 112 valence electrons. The molecule has 21 heavy (non-hydrogen) atoms. The standard InChI is InChI=1S/C15H19N3O3/c1-3-7-18(9-14(19)21-4-2)15(20)11-5-6-12-13(8-11)17-10-16-12/h5-6,8,10H,3-4,7,9H2,1-2H3,(H,16,17). The lowest BCUT2D eigenvalue weighted by molar-refractivity contribution is -0.143. The van der Waals surface area contributed by atoms with E-state index in [0.29, 0.717) is 18.7 Å². The third-order valence-corrected chi connectivity index (χ3v) is 3.07. The summed E-state index contributed by atoms with van der Waals surface area (Å²) < 4.78 is 4.91. The van der Waals surface area contributed by atoms with Crippen LogP contribution in [0.1, 0.15) is 30.6 Å². The van der Waals surface area contributed by atoms with Gasteiger partial charge in [0.1, 0.15) is 6.54 Å². The molecule has 1 amide bonds. The quantitative estimate of drug-likeness (QED) is 0.825. The predicted octanol–water partition coefficient (Wildman–Crippen LogP) is 1.98. The van der Waals surface area contributed by atoms with Gasteiger partial charge in [0, 0.05) is 12.1 Å². The monoisotopic (exact) mass is 289 g/mol. The van der Waals surface area contributed by atoms with E-state index >= 15 is 0 Å². The normalized spacial score (nSPS) is 10.6. The van der Waals surface area contributed by atoms with Gasteiger partial charge < -0.3 is 14.6 Å². The molecule has 1 aromatic carbocycles. The Kier molecular flexibility index (Phi) is 4.92. The van der Waals surface area contributed by atoms with Gasteiger partial charge in [0.25, 0.3) is 5.91 Å². The van der Waals surface area contributed by atoms with Crippen molar-refractivity contribution < 1.29 is 14.3 Å². The summed E-state index contributed by atoms with van der Waals surface area (Å²) in [6.07, 6.45) is 2.36. The van der Waals surface area contributed by atoms with Gasteiger partial charge in [-0.1, -0.05) is 6.92 Å². The topological polar surface area (TPSA) is 75.3 Å². The lowest BCUT2D eigenvalue weighted by Gasteiger charge is -2.21. The van der Waals surface area contributed by atoms with Crippen molar-refractivity contribution in [1.29, 1.82) is 0 Å². The lowest BCUT2D eigenvalue weighted by atomic mass is 10.1. The van der Waals surface area contributed by atoms with Crippen molar-refractivity contribution in [1.82, 2.24) is 14.9 Å². The van der Waals surface area contributed by atoms with E-state index in [1.54, 1.807) is 31.5 Å². The Morgan fingerprint density at radius 3 is 2.86 bits per heavy atom. The molecule has 2 aromatic rings. The third kappa shape index (κ3) is 3.59. The average molecular weight is 289 g/mol. The summed E-state index contributed by atoms with van der Waals surface area (Å²) in [5.41, 5.74) is 2.14. The van der Waals surface area contributed by atoms with Gasteiger partial charge in [-0.05, 0) is 31.5 Å². The van der Waals surface area contributed by atoms with Crippen LogP contribution < -0.4 is 0 Å². The van der Waals surface area contributed by atoms with Crippen molar-refractivity contribution in [3.05, 3.63) is 30.1 Å². The molecule has 0 spiro atoms. The van der Waals surface area contributed by atoms with Crippen molar-refractivity contribution in [2.45, 2.75) is 20.3 Å². The average Bonchev–Trinajstić information content (AvgIpc) is 2.93. The lowest BCUT2D eigenvalue weighted by Crippen LogP contribution is -2.37. The van der Waals surface area contributed by atoms with E-state index < -0.39 is 0 Å². The first kappa shape index (κ1) is 15.0. The van der Waals surface area contributed by atoms with Crippen LogP contribution in [0.4, 0.5) is 0 Å². The van der Waals surface area contributed by atoms with E-state index in [1.165, 1.54) is 4.90 Å². The van der Waals surface area contributed by atoms with Crippen molar-refractivity contribution in [3.8, 4) is 0 Å². The third-order valence-electron chi connectivity index (χ3n) is 3.07. The summed E-state index contributed by atoms with van der Waals surface area (Å²) in [7, 11) is 0. The molecule has 0 unspecified atom stereocenters. The number of H-pyrrole nitrogens is 1. The number of fused-ring (bicyclic) bond motifs is 1. The number of hydrogen-bond donors (Lipinski definition) is 1. The molecule has 0 aliphatic rings. The van der Waals surface area contributed by atoms with Crippen LogP contribution in [-0.4, -0.2) is 46.4 Å². The minimum atomic E-state index is -0.387. The Morgan fingerprint density at radius 1 is 1.33 bits per heavy atom. The summed E-state index contributed by atoms with van der Waals surface area (Å²) in [5.74, 6) is -0.566. The van der Waals surface area contributed by atoms with Gasteiger partial charge in [0.15, 0.2) is 0 Å². The number of carbonyl (C=O) groups excluding carboxylic acids is 2. The molecule has 0 bridgehead atoms. The Labute approximate surface area is 123 Å². The molecule has 6 nitrogen and oxygen atoms in total. The summed E-state index contributed by atoms with van der Waals surface area (Å²) in [4.78, 5) is 32.7. The zero-order valence-corrected chi connectivity index (χ0v) is 12.3. The molecule has 2 rings (SSSR count). The van der Waals surface area contributed by atoms with Gasteiger partial charge in [-0.2, -0.15) is 0 Å². The maximum Gasteiger partial charge on any atom is 0.325 e. The van der Waals surface area contributed by atoms with Crippen LogP contribution in [0.2, 0.25) is 0 Å². The number of aromatic amines is 1. The van der Waals surface area contributed by atoms with Crippen LogP contribution in [0.25, 0.3) is 11.0 Å². The molecule has 6 heteroatoms.